The lowest BCUT2D eigenvalue weighted by atomic mass is 10.2. The summed E-state index contributed by atoms with van der Waals surface area (Å²) in [6.07, 6.45) is 1.17. The first-order chi connectivity index (χ1) is 12.8. The zero-order chi connectivity index (χ0) is 18.4. The number of rotatable bonds is 5. The minimum Gasteiger partial charge on any atom is -0.493 e. The molecule has 2 aliphatic heterocycles. The summed E-state index contributed by atoms with van der Waals surface area (Å²) in [7, 11) is 5.17. The van der Waals surface area contributed by atoms with Crippen LogP contribution in [0.15, 0.2) is 23.2 Å². The van der Waals surface area contributed by atoms with Crippen molar-refractivity contribution in [3.8, 4) is 11.5 Å². The van der Waals surface area contributed by atoms with Gasteiger partial charge in [0.05, 0.1) is 27.4 Å². The molecule has 7 nitrogen and oxygen atoms in total. The molecule has 0 amide bonds. The number of aliphatic imine (C=N–C) groups is 1. The molecular formula is C19H30N4O3. The molecule has 1 unspecified atom stereocenters. The highest BCUT2D eigenvalue weighted by Crippen LogP contribution is 2.30. The summed E-state index contributed by atoms with van der Waals surface area (Å²) in [5.41, 5.74) is 1.05. The minimum absolute atomic E-state index is 0.587. The van der Waals surface area contributed by atoms with Crippen LogP contribution in [-0.2, 0) is 11.3 Å². The third-order valence-corrected chi connectivity index (χ3v) is 5.16. The van der Waals surface area contributed by atoms with E-state index in [9.17, 15) is 0 Å². The lowest BCUT2D eigenvalue weighted by Gasteiger charge is -2.32. The Morgan fingerprint density at radius 1 is 1.23 bits per heavy atom. The van der Waals surface area contributed by atoms with Crippen LogP contribution in [0, 0.1) is 0 Å². The molecule has 1 aromatic carbocycles. The first-order valence-electron chi connectivity index (χ1n) is 9.24. The SMILES string of the molecule is CN=C(NCc1cccc(OC)c1OC)N1CCC(N2CCOCC2)C1. The summed E-state index contributed by atoms with van der Waals surface area (Å²) >= 11 is 0. The molecule has 0 saturated carbocycles. The van der Waals surface area contributed by atoms with Crippen LogP contribution in [0.2, 0.25) is 0 Å². The quantitative estimate of drug-likeness (QED) is 0.627. The van der Waals surface area contributed by atoms with Crippen molar-refractivity contribution in [1.82, 2.24) is 15.1 Å². The van der Waals surface area contributed by atoms with E-state index in [2.05, 4.69) is 20.1 Å². The first kappa shape index (κ1) is 18.8. The van der Waals surface area contributed by atoms with Crippen LogP contribution in [0.4, 0.5) is 0 Å². The summed E-state index contributed by atoms with van der Waals surface area (Å²) in [6.45, 7) is 6.44. The summed E-state index contributed by atoms with van der Waals surface area (Å²) in [5, 5.41) is 3.47. The largest absolute Gasteiger partial charge is 0.493 e. The Morgan fingerprint density at radius 3 is 2.73 bits per heavy atom. The number of hydrogen-bond donors (Lipinski definition) is 1. The number of guanidine groups is 1. The van der Waals surface area contributed by atoms with Crippen molar-refractivity contribution in [3.05, 3.63) is 23.8 Å². The highest BCUT2D eigenvalue weighted by Gasteiger charge is 2.30. The normalized spacial score (nSPS) is 21.7. The Kier molecular flexibility index (Phi) is 6.57. The van der Waals surface area contributed by atoms with Gasteiger partial charge in [0, 0.05) is 51.4 Å². The summed E-state index contributed by atoms with van der Waals surface area (Å²) in [5.74, 6) is 2.45. The van der Waals surface area contributed by atoms with E-state index in [1.807, 2.05) is 25.2 Å². The lowest BCUT2D eigenvalue weighted by Crippen LogP contribution is -2.46. The molecule has 0 aromatic heterocycles. The Bertz CT molecular complexity index is 617. The first-order valence-corrected chi connectivity index (χ1v) is 9.24. The number of nitrogens with zero attached hydrogens (tertiary/aromatic N) is 3. The van der Waals surface area contributed by atoms with Crippen LogP contribution < -0.4 is 14.8 Å². The van der Waals surface area contributed by atoms with Crippen molar-refractivity contribution in [1.29, 1.82) is 0 Å². The van der Waals surface area contributed by atoms with Crippen molar-refractivity contribution in [2.45, 2.75) is 19.0 Å². The average Bonchev–Trinajstić information content (AvgIpc) is 3.19. The Morgan fingerprint density at radius 2 is 2.04 bits per heavy atom. The van der Waals surface area contributed by atoms with Gasteiger partial charge in [-0.3, -0.25) is 9.89 Å². The molecule has 1 atom stereocenters. The fourth-order valence-electron chi connectivity index (χ4n) is 3.77. The van der Waals surface area contributed by atoms with Gasteiger partial charge in [-0.2, -0.15) is 0 Å². The number of para-hydroxylation sites is 1. The van der Waals surface area contributed by atoms with E-state index < -0.39 is 0 Å². The molecule has 2 saturated heterocycles. The van der Waals surface area contributed by atoms with E-state index in [-0.39, 0.29) is 0 Å². The van der Waals surface area contributed by atoms with Crippen molar-refractivity contribution < 1.29 is 14.2 Å². The molecule has 26 heavy (non-hydrogen) atoms. The topological polar surface area (TPSA) is 58.6 Å². The fraction of sp³-hybridized carbons (Fsp3) is 0.632. The van der Waals surface area contributed by atoms with Crippen LogP contribution in [0.1, 0.15) is 12.0 Å². The van der Waals surface area contributed by atoms with E-state index in [4.69, 9.17) is 14.2 Å². The van der Waals surface area contributed by atoms with Crippen LogP contribution in [-0.4, -0.2) is 82.5 Å². The van der Waals surface area contributed by atoms with Gasteiger partial charge in [0.25, 0.3) is 0 Å². The van der Waals surface area contributed by atoms with Gasteiger partial charge in [0.2, 0.25) is 0 Å². The van der Waals surface area contributed by atoms with Crippen LogP contribution >= 0.6 is 0 Å². The van der Waals surface area contributed by atoms with Crippen molar-refractivity contribution >= 4 is 5.96 Å². The molecule has 2 fully saturated rings. The van der Waals surface area contributed by atoms with Gasteiger partial charge in [-0.1, -0.05) is 12.1 Å². The second-order valence-electron chi connectivity index (χ2n) is 6.59. The summed E-state index contributed by atoms with van der Waals surface area (Å²) < 4.78 is 16.4. The van der Waals surface area contributed by atoms with Crippen LogP contribution in [0.5, 0.6) is 11.5 Å². The predicted molar refractivity (Wildman–Crippen MR) is 102 cm³/mol. The van der Waals surface area contributed by atoms with E-state index in [1.165, 1.54) is 6.42 Å². The van der Waals surface area contributed by atoms with E-state index >= 15 is 0 Å². The molecule has 2 heterocycles. The second kappa shape index (κ2) is 9.09. The second-order valence-corrected chi connectivity index (χ2v) is 6.59. The number of morpholine rings is 1. The van der Waals surface area contributed by atoms with Crippen molar-refractivity contribution in [2.75, 3.05) is 60.7 Å². The molecule has 3 rings (SSSR count). The average molecular weight is 362 g/mol. The number of ether oxygens (including phenoxy) is 3. The zero-order valence-electron chi connectivity index (χ0n) is 16.0. The maximum Gasteiger partial charge on any atom is 0.193 e. The number of hydrogen-bond acceptors (Lipinski definition) is 5. The van der Waals surface area contributed by atoms with Crippen LogP contribution in [0.25, 0.3) is 0 Å². The Balaban J connectivity index is 1.59. The highest BCUT2D eigenvalue weighted by molar-refractivity contribution is 5.80. The fourth-order valence-corrected chi connectivity index (χ4v) is 3.77. The highest BCUT2D eigenvalue weighted by atomic mass is 16.5. The van der Waals surface area contributed by atoms with E-state index in [0.29, 0.717) is 12.6 Å². The number of nitrogens with one attached hydrogen (secondary N) is 1. The molecule has 0 spiro atoms. The lowest BCUT2D eigenvalue weighted by molar-refractivity contribution is 0.0195. The number of likely N-dealkylation sites (tertiary alicyclic amines) is 1. The van der Waals surface area contributed by atoms with E-state index in [0.717, 1.165) is 62.4 Å². The molecule has 0 radical (unpaired) electrons. The monoisotopic (exact) mass is 362 g/mol. The van der Waals surface area contributed by atoms with Gasteiger partial charge in [0.15, 0.2) is 17.5 Å². The van der Waals surface area contributed by atoms with Crippen molar-refractivity contribution in [2.24, 2.45) is 4.99 Å². The third kappa shape index (κ3) is 4.22. The molecule has 1 N–H and O–H groups in total. The number of benzene rings is 1. The van der Waals surface area contributed by atoms with E-state index in [1.54, 1.807) is 14.2 Å². The molecule has 2 aliphatic rings. The summed E-state index contributed by atoms with van der Waals surface area (Å²) in [6, 6.07) is 6.52. The molecule has 0 aliphatic carbocycles. The van der Waals surface area contributed by atoms with Gasteiger partial charge >= 0.3 is 0 Å². The summed E-state index contributed by atoms with van der Waals surface area (Å²) in [4.78, 5) is 9.36. The van der Waals surface area contributed by atoms with Crippen LogP contribution in [0.3, 0.4) is 0 Å². The number of methoxy groups -OCH3 is 2. The molecule has 0 bridgehead atoms. The predicted octanol–water partition coefficient (Wildman–Crippen LogP) is 1.19. The molecule has 144 valence electrons. The Hall–Kier alpha value is -1.99. The third-order valence-electron chi connectivity index (χ3n) is 5.16. The van der Waals surface area contributed by atoms with Gasteiger partial charge in [-0.05, 0) is 12.5 Å². The maximum absolute atomic E-state index is 5.52. The van der Waals surface area contributed by atoms with Gasteiger partial charge in [-0.15, -0.1) is 0 Å². The molecule has 1 aromatic rings. The Labute approximate surface area is 155 Å². The minimum atomic E-state index is 0.587. The molecule has 7 heteroatoms. The smallest absolute Gasteiger partial charge is 0.193 e. The maximum atomic E-state index is 5.52. The zero-order valence-corrected chi connectivity index (χ0v) is 16.0. The molecular weight excluding hydrogens is 332 g/mol. The standard InChI is InChI=1S/C19H30N4O3/c1-20-19(21-13-15-5-4-6-17(24-2)18(15)25-3)23-8-7-16(14-23)22-9-11-26-12-10-22/h4-6,16H,7-14H2,1-3H3,(H,20,21). The van der Waals surface area contributed by atoms with Gasteiger partial charge < -0.3 is 24.4 Å². The van der Waals surface area contributed by atoms with Gasteiger partial charge in [0.1, 0.15) is 0 Å². The van der Waals surface area contributed by atoms with Gasteiger partial charge in [-0.25, -0.2) is 0 Å². The van der Waals surface area contributed by atoms with Crippen molar-refractivity contribution in [3.63, 3.8) is 0 Å².